The van der Waals surface area contributed by atoms with Gasteiger partial charge in [-0.25, -0.2) is 18.5 Å². The summed E-state index contributed by atoms with van der Waals surface area (Å²) in [7, 11) is 1.26. The van der Waals surface area contributed by atoms with Gasteiger partial charge in [-0.05, 0) is 22.0 Å². The fraction of sp³-hybridized carbons (Fsp3) is 0.364. The lowest BCUT2D eigenvalue weighted by Crippen LogP contribution is -2.29. The highest BCUT2D eigenvalue weighted by Gasteiger charge is 2.15. The number of hydrogen-bond acceptors (Lipinski definition) is 3. The number of benzene rings is 1. The van der Waals surface area contributed by atoms with Crippen molar-refractivity contribution in [3.8, 4) is 0 Å². The Balaban J connectivity index is 2.76. The van der Waals surface area contributed by atoms with E-state index in [4.69, 9.17) is 4.84 Å². The van der Waals surface area contributed by atoms with E-state index < -0.39 is 17.5 Å². The number of carbonyl (C=O) groups excluding carboxylic acids is 1. The Bertz CT molecular complexity index is 443. The number of hydroxylamine groups is 2. The van der Waals surface area contributed by atoms with Crippen molar-refractivity contribution in [3.05, 3.63) is 33.8 Å². The SMILES string of the molecule is CCC(=O)N(OC)OCc1cc(F)cc(F)c1Br. The molecule has 7 heteroatoms. The summed E-state index contributed by atoms with van der Waals surface area (Å²) in [6.07, 6.45) is 0.187. The minimum Gasteiger partial charge on any atom is -0.270 e. The zero-order chi connectivity index (χ0) is 13.7. The lowest BCUT2D eigenvalue weighted by atomic mass is 10.2. The van der Waals surface area contributed by atoms with Crippen LogP contribution in [-0.2, 0) is 21.1 Å². The molecule has 1 amide bonds. The molecule has 0 bridgehead atoms. The van der Waals surface area contributed by atoms with Gasteiger partial charge in [-0.1, -0.05) is 12.2 Å². The fourth-order valence-corrected chi connectivity index (χ4v) is 1.54. The molecule has 0 fully saturated rings. The van der Waals surface area contributed by atoms with Gasteiger partial charge in [0, 0.05) is 18.1 Å². The second-order valence-electron chi connectivity index (χ2n) is 3.32. The van der Waals surface area contributed by atoms with Crippen LogP contribution < -0.4 is 0 Å². The zero-order valence-corrected chi connectivity index (χ0v) is 11.5. The fourth-order valence-electron chi connectivity index (χ4n) is 1.20. The molecule has 0 aliphatic carbocycles. The van der Waals surface area contributed by atoms with Gasteiger partial charge < -0.3 is 0 Å². The Labute approximate surface area is 112 Å². The summed E-state index contributed by atoms with van der Waals surface area (Å²) in [5, 5.41) is 0.676. The molecule has 100 valence electrons. The first-order valence-corrected chi connectivity index (χ1v) is 5.92. The highest BCUT2D eigenvalue weighted by atomic mass is 79.9. The third kappa shape index (κ3) is 3.72. The van der Waals surface area contributed by atoms with Gasteiger partial charge in [0.2, 0.25) is 0 Å². The number of carbonyl (C=O) groups is 1. The number of halogens is 3. The highest BCUT2D eigenvalue weighted by Crippen LogP contribution is 2.23. The van der Waals surface area contributed by atoms with Gasteiger partial charge >= 0.3 is 0 Å². The van der Waals surface area contributed by atoms with E-state index in [-0.39, 0.29) is 23.1 Å². The molecule has 1 rings (SSSR count). The van der Waals surface area contributed by atoms with E-state index in [0.717, 1.165) is 12.1 Å². The molecule has 0 saturated heterocycles. The minimum absolute atomic E-state index is 0.0869. The van der Waals surface area contributed by atoms with E-state index in [1.807, 2.05) is 0 Å². The largest absolute Gasteiger partial charge is 0.273 e. The molecule has 18 heavy (non-hydrogen) atoms. The third-order valence-corrected chi connectivity index (χ3v) is 2.97. The summed E-state index contributed by atoms with van der Waals surface area (Å²) < 4.78 is 26.3. The van der Waals surface area contributed by atoms with Gasteiger partial charge in [0.25, 0.3) is 5.91 Å². The van der Waals surface area contributed by atoms with Gasteiger partial charge in [-0.3, -0.25) is 4.79 Å². The van der Waals surface area contributed by atoms with Crippen LogP contribution in [0.2, 0.25) is 0 Å². The Hall–Kier alpha value is -1.05. The number of amides is 1. The predicted octanol–water partition coefficient (Wildman–Crippen LogP) is 2.96. The molecule has 0 atom stereocenters. The second-order valence-corrected chi connectivity index (χ2v) is 4.11. The van der Waals surface area contributed by atoms with Crippen molar-refractivity contribution in [2.75, 3.05) is 7.11 Å². The summed E-state index contributed by atoms with van der Waals surface area (Å²) in [4.78, 5) is 21.0. The van der Waals surface area contributed by atoms with Crippen molar-refractivity contribution in [1.29, 1.82) is 0 Å². The number of nitrogens with zero attached hydrogens (tertiary/aromatic N) is 1. The minimum atomic E-state index is -0.737. The molecule has 1 aromatic rings. The maximum Gasteiger partial charge on any atom is 0.273 e. The van der Waals surface area contributed by atoms with Crippen molar-refractivity contribution >= 4 is 21.8 Å². The van der Waals surface area contributed by atoms with Crippen molar-refractivity contribution in [1.82, 2.24) is 5.23 Å². The quantitative estimate of drug-likeness (QED) is 0.617. The predicted molar refractivity (Wildman–Crippen MR) is 63.0 cm³/mol. The van der Waals surface area contributed by atoms with Gasteiger partial charge in [0.05, 0.1) is 11.6 Å². The van der Waals surface area contributed by atoms with E-state index in [2.05, 4.69) is 20.8 Å². The molecule has 0 saturated carbocycles. The summed E-state index contributed by atoms with van der Waals surface area (Å²) in [6.45, 7) is 1.43. The van der Waals surface area contributed by atoms with Crippen LogP contribution in [0.1, 0.15) is 18.9 Å². The Morgan fingerprint density at radius 2 is 2.11 bits per heavy atom. The molecule has 0 aliphatic rings. The molecular formula is C11H12BrF2NO3. The van der Waals surface area contributed by atoms with E-state index in [1.165, 1.54) is 7.11 Å². The first-order valence-electron chi connectivity index (χ1n) is 5.13. The average molecular weight is 324 g/mol. The molecule has 0 aliphatic heterocycles. The molecule has 0 heterocycles. The molecule has 0 aromatic heterocycles. The van der Waals surface area contributed by atoms with Crippen LogP contribution in [0.3, 0.4) is 0 Å². The highest BCUT2D eigenvalue weighted by molar-refractivity contribution is 9.10. The van der Waals surface area contributed by atoms with Crippen LogP contribution in [-0.4, -0.2) is 18.2 Å². The second kappa shape index (κ2) is 6.77. The summed E-state index contributed by atoms with van der Waals surface area (Å²) in [6, 6.07) is 1.86. The number of rotatable bonds is 5. The molecule has 0 unspecified atom stereocenters. The Morgan fingerprint density at radius 1 is 1.44 bits per heavy atom. The third-order valence-electron chi connectivity index (χ3n) is 2.08. The Kier molecular flexibility index (Phi) is 5.64. The first kappa shape index (κ1) is 15.0. The summed E-state index contributed by atoms with van der Waals surface area (Å²) in [5.74, 6) is -1.86. The Morgan fingerprint density at radius 3 is 2.67 bits per heavy atom. The lowest BCUT2D eigenvalue weighted by molar-refractivity contribution is -0.335. The lowest BCUT2D eigenvalue weighted by Gasteiger charge is -2.18. The standard InChI is InChI=1S/C11H12BrF2NO3/c1-3-10(16)15(17-2)18-6-7-4-8(13)5-9(14)11(7)12/h4-5H,3,6H2,1-2H3. The van der Waals surface area contributed by atoms with Crippen molar-refractivity contribution in [3.63, 3.8) is 0 Å². The van der Waals surface area contributed by atoms with E-state index >= 15 is 0 Å². The van der Waals surface area contributed by atoms with Crippen molar-refractivity contribution in [2.45, 2.75) is 20.0 Å². The summed E-state index contributed by atoms with van der Waals surface area (Å²) >= 11 is 2.97. The van der Waals surface area contributed by atoms with Gasteiger partial charge in [0.15, 0.2) is 0 Å². The van der Waals surface area contributed by atoms with Crippen molar-refractivity contribution < 1.29 is 23.3 Å². The average Bonchev–Trinajstić information content (AvgIpc) is 2.35. The summed E-state index contributed by atoms with van der Waals surface area (Å²) in [5.41, 5.74) is 0.235. The van der Waals surface area contributed by atoms with E-state index in [9.17, 15) is 13.6 Å². The van der Waals surface area contributed by atoms with Gasteiger partial charge in [0.1, 0.15) is 18.2 Å². The topological polar surface area (TPSA) is 38.8 Å². The smallest absolute Gasteiger partial charge is 0.270 e. The van der Waals surface area contributed by atoms with Crippen LogP contribution in [0.5, 0.6) is 0 Å². The van der Waals surface area contributed by atoms with Crippen LogP contribution in [0.4, 0.5) is 8.78 Å². The zero-order valence-electron chi connectivity index (χ0n) is 9.87. The van der Waals surface area contributed by atoms with Crippen LogP contribution in [0.15, 0.2) is 16.6 Å². The molecule has 0 spiro atoms. The maximum absolute atomic E-state index is 13.2. The molecular weight excluding hydrogens is 312 g/mol. The van der Waals surface area contributed by atoms with Crippen LogP contribution in [0, 0.1) is 11.6 Å². The van der Waals surface area contributed by atoms with E-state index in [0.29, 0.717) is 5.23 Å². The van der Waals surface area contributed by atoms with E-state index in [1.54, 1.807) is 6.92 Å². The number of hydrogen-bond donors (Lipinski definition) is 0. The van der Waals surface area contributed by atoms with Crippen LogP contribution >= 0.6 is 15.9 Å². The van der Waals surface area contributed by atoms with Crippen molar-refractivity contribution in [2.24, 2.45) is 0 Å². The normalized spacial score (nSPS) is 10.5. The maximum atomic E-state index is 13.2. The van der Waals surface area contributed by atoms with Crippen LogP contribution in [0.25, 0.3) is 0 Å². The first-order chi connectivity index (χ1) is 8.49. The molecule has 0 N–H and O–H groups in total. The monoisotopic (exact) mass is 323 g/mol. The molecule has 0 radical (unpaired) electrons. The van der Waals surface area contributed by atoms with Gasteiger partial charge in [-0.2, -0.15) is 0 Å². The van der Waals surface area contributed by atoms with Gasteiger partial charge in [-0.15, -0.1) is 0 Å². The molecule has 4 nitrogen and oxygen atoms in total. The molecule has 1 aromatic carbocycles.